The van der Waals surface area contributed by atoms with Crippen LogP contribution in [-0.2, 0) is 11.2 Å². The number of nitrogens with one attached hydrogen (secondary N) is 1. The predicted molar refractivity (Wildman–Crippen MR) is 101 cm³/mol. The summed E-state index contributed by atoms with van der Waals surface area (Å²) < 4.78 is 10.8. The normalized spacial score (nSPS) is 10.5. The highest BCUT2D eigenvalue weighted by atomic mass is 16.5. The molecule has 0 saturated heterocycles. The van der Waals surface area contributed by atoms with Gasteiger partial charge in [-0.2, -0.15) is 4.98 Å². The van der Waals surface area contributed by atoms with Crippen molar-refractivity contribution in [1.82, 2.24) is 9.97 Å². The van der Waals surface area contributed by atoms with Crippen LogP contribution in [0.1, 0.15) is 19.4 Å². The lowest BCUT2D eigenvalue weighted by Crippen LogP contribution is -2.16. The number of fused-ring (bicyclic) bond motifs is 1. The van der Waals surface area contributed by atoms with E-state index in [0.29, 0.717) is 24.8 Å². The number of benzene rings is 2. The Morgan fingerprint density at radius 1 is 1.04 bits per heavy atom. The van der Waals surface area contributed by atoms with Crippen molar-refractivity contribution in [3.05, 3.63) is 54.2 Å². The molecule has 2 aromatic carbocycles. The van der Waals surface area contributed by atoms with Crippen LogP contribution >= 0.6 is 0 Å². The van der Waals surface area contributed by atoms with Crippen LogP contribution in [0.2, 0.25) is 0 Å². The molecule has 6 nitrogen and oxygen atoms in total. The summed E-state index contributed by atoms with van der Waals surface area (Å²) in [6, 6.07) is 14.2. The molecule has 6 heteroatoms. The number of hydrogen-bond donors (Lipinski definition) is 1. The lowest BCUT2D eigenvalue weighted by Gasteiger charge is -2.12. The van der Waals surface area contributed by atoms with Crippen molar-refractivity contribution >= 4 is 22.4 Å². The number of carbonyl (C=O) groups is 1. The van der Waals surface area contributed by atoms with Gasteiger partial charge in [0.2, 0.25) is 11.8 Å². The monoisotopic (exact) mass is 351 g/mol. The van der Waals surface area contributed by atoms with E-state index in [9.17, 15) is 4.79 Å². The van der Waals surface area contributed by atoms with Gasteiger partial charge in [0.25, 0.3) is 0 Å². The Hall–Kier alpha value is -3.15. The third kappa shape index (κ3) is 4.08. The Balaban J connectivity index is 1.79. The zero-order chi connectivity index (χ0) is 18.4. The molecule has 1 heterocycles. The first-order chi connectivity index (χ1) is 12.7. The SMILES string of the molecule is CCOc1ncc(NC(=O)Cc2cccc3ccccc23)c(OCC)n1. The van der Waals surface area contributed by atoms with Crippen LogP contribution in [-0.4, -0.2) is 29.1 Å². The Bertz CT molecular complexity index is 906. The van der Waals surface area contributed by atoms with Crippen LogP contribution in [0.25, 0.3) is 10.8 Å². The highest BCUT2D eigenvalue weighted by Crippen LogP contribution is 2.24. The summed E-state index contributed by atoms with van der Waals surface area (Å²) in [5, 5.41) is 5.01. The second kappa shape index (κ2) is 8.29. The molecule has 1 amide bonds. The van der Waals surface area contributed by atoms with E-state index < -0.39 is 0 Å². The number of ether oxygens (including phenoxy) is 2. The maximum absolute atomic E-state index is 12.5. The van der Waals surface area contributed by atoms with E-state index in [4.69, 9.17) is 9.47 Å². The van der Waals surface area contributed by atoms with E-state index in [0.717, 1.165) is 16.3 Å². The van der Waals surface area contributed by atoms with Crippen LogP contribution in [0.5, 0.6) is 11.9 Å². The first-order valence-electron chi connectivity index (χ1n) is 8.60. The molecule has 3 rings (SSSR count). The van der Waals surface area contributed by atoms with Gasteiger partial charge in [0.1, 0.15) is 5.69 Å². The number of aromatic nitrogens is 2. The maximum atomic E-state index is 12.5. The molecule has 0 fully saturated rings. The third-order valence-corrected chi connectivity index (χ3v) is 3.79. The van der Waals surface area contributed by atoms with Gasteiger partial charge in [-0.3, -0.25) is 4.79 Å². The fourth-order valence-electron chi connectivity index (χ4n) is 2.70. The minimum atomic E-state index is -0.157. The van der Waals surface area contributed by atoms with E-state index in [1.54, 1.807) is 0 Å². The van der Waals surface area contributed by atoms with Gasteiger partial charge in [-0.25, -0.2) is 4.98 Å². The average Bonchev–Trinajstić information content (AvgIpc) is 2.65. The summed E-state index contributed by atoms with van der Waals surface area (Å²) in [6.45, 7) is 4.58. The van der Waals surface area contributed by atoms with Crippen molar-refractivity contribution in [3.63, 3.8) is 0 Å². The van der Waals surface area contributed by atoms with Crippen molar-refractivity contribution < 1.29 is 14.3 Å². The summed E-state index contributed by atoms with van der Waals surface area (Å²) in [7, 11) is 0. The second-order valence-electron chi connectivity index (χ2n) is 5.60. The summed E-state index contributed by atoms with van der Waals surface area (Å²) in [6.07, 6.45) is 1.75. The highest BCUT2D eigenvalue weighted by Gasteiger charge is 2.13. The summed E-state index contributed by atoms with van der Waals surface area (Å²) in [5.74, 6) is 0.146. The Kier molecular flexibility index (Phi) is 5.63. The van der Waals surface area contributed by atoms with Crippen LogP contribution < -0.4 is 14.8 Å². The molecule has 26 heavy (non-hydrogen) atoms. The minimum Gasteiger partial charge on any atom is -0.476 e. The molecule has 1 N–H and O–H groups in total. The zero-order valence-electron chi connectivity index (χ0n) is 14.9. The van der Waals surface area contributed by atoms with Crippen LogP contribution in [0, 0.1) is 0 Å². The average molecular weight is 351 g/mol. The van der Waals surface area contributed by atoms with Gasteiger partial charge in [-0.15, -0.1) is 0 Å². The number of anilines is 1. The minimum absolute atomic E-state index is 0.157. The molecular formula is C20H21N3O3. The van der Waals surface area contributed by atoms with E-state index in [-0.39, 0.29) is 18.3 Å². The smallest absolute Gasteiger partial charge is 0.319 e. The fourth-order valence-corrected chi connectivity index (χ4v) is 2.70. The van der Waals surface area contributed by atoms with Crippen molar-refractivity contribution in [2.45, 2.75) is 20.3 Å². The molecule has 0 aliphatic carbocycles. The van der Waals surface area contributed by atoms with Gasteiger partial charge in [0.05, 0.1) is 25.8 Å². The molecule has 0 radical (unpaired) electrons. The zero-order valence-corrected chi connectivity index (χ0v) is 14.9. The standard InChI is InChI=1S/C20H21N3O3/c1-3-25-19-17(13-21-20(23-19)26-4-2)22-18(24)12-15-10-7-9-14-8-5-6-11-16(14)15/h5-11,13H,3-4,12H2,1-2H3,(H,22,24). The molecule has 0 saturated carbocycles. The van der Waals surface area contributed by atoms with Gasteiger partial charge < -0.3 is 14.8 Å². The van der Waals surface area contributed by atoms with Crippen molar-refractivity contribution in [2.75, 3.05) is 18.5 Å². The predicted octanol–water partition coefficient (Wildman–Crippen LogP) is 3.61. The van der Waals surface area contributed by atoms with Crippen LogP contribution in [0.4, 0.5) is 5.69 Å². The lowest BCUT2D eigenvalue weighted by molar-refractivity contribution is -0.115. The van der Waals surface area contributed by atoms with Gasteiger partial charge in [-0.1, -0.05) is 42.5 Å². The van der Waals surface area contributed by atoms with Crippen LogP contribution in [0.3, 0.4) is 0 Å². The first-order valence-corrected chi connectivity index (χ1v) is 8.60. The molecule has 0 spiro atoms. The number of hydrogen-bond acceptors (Lipinski definition) is 5. The maximum Gasteiger partial charge on any atom is 0.319 e. The molecule has 1 aromatic heterocycles. The highest BCUT2D eigenvalue weighted by molar-refractivity contribution is 5.96. The van der Waals surface area contributed by atoms with Crippen molar-refractivity contribution in [2.24, 2.45) is 0 Å². The van der Waals surface area contributed by atoms with E-state index in [1.807, 2.05) is 56.3 Å². The molecule has 0 unspecified atom stereocenters. The Morgan fingerprint density at radius 3 is 2.62 bits per heavy atom. The molecule has 0 aliphatic rings. The number of carbonyl (C=O) groups excluding carboxylic acids is 1. The number of amides is 1. The fraction of sp³-hybridized carbons (Fsp3) is 0.250. The number of rotatable bonds is 7. The molecule has 134 valence electrons. The van der Waals surface area contributed by atoms with E-state index >= 15 is 0 Å². The second-order valence-corrected chi connectivity index (χ2v) is 5.60. The van der Waals surface area contributed by atoms with Gasteiger partial charge >= 0.3 is 6.01 Å². The van der Waals surface area contributed by atoms with E-state index in [1.165, 1.54) is 6.20 Å². The molecule has 3 aromatic rings. The van der Waals surface area contributed by atoms with Gasteiger partial charge in [0, 0.05) is 0 Å². The lowest BCUT2D eigenvalue weighted by atomic mass is 10.0. The topological polar surface area (TPSA) is 73.3 Å². The van der Waals surface area contributed by atoms with Crippen molar-refractivity contribution in [3.8, 4) is 11.9 Å². The Morgan fingerprint density at radius 2 is 1.81 bits per heavy atom. The number of nitrogens with zero attached hydrogens (tertiary/aromatic N) is 2. The van der Waals surface area contributed by atoms with Crippen molar-refractivity contribution in [1.29, 1.82) is 0 Å². The van der Waals surface area contributed by atoms with Gasteiger partial charge in [-0.05, 0) is 30.2 Å². The van der Waals surface area contributed by atoms with Crippen LogP contribution in [0.15, 0.2) is 48.7 Å². The molecule has 0 aliphatic heterocycles. The molecule has 0 atom stereocenters. The summed E-state index contributed by atoms with van der Waals surface area (Å²) in [5.41, 5.74) is 1.39. The third-order valence-electron chi connectivity index (χ3n) is 3.79. The summed E-state index contributed by atoms with van der Waals surface area (Å²) in [4.78, 5) is 20.8. The molecule has 0 bridgehead atoms. The summed E-state index contributed by atoms with van der Waals surface area (Å²) >= 11 is 0. The van der Waals surface area contributed by atoms with E-state index in [2.05, 4.69) is 15.3 Å². The quantitative estimate of drug-likeness (QED) is 0.704. The largest absolute Gasteiger partial charge is 0.476 e. The van der Waals surface area contributed by atoms with Gasteiger partial charge in [0.15, 0.2) is 0 Å². The first kappa shape index (κ1) is 17.7. The molecular weight excluding hydrogens is 330 g/mol. The Labute approximate surface area is 152 Å².